The Kier molecular flexibility index (Phi) is 3.38. The van der Waals surface area contributed by atoms with Crippen molar-refractivity contribution in [1.82, 2.24) is 15.0 Å². The van der Waals surface area contributed by atoms with Crippen molar-refractivity contribution < 1.29 is 0 Å². The van der Waals surface area contributed by atoms with Crippen LogP contribution in [0.5, 0.6) is 0 Å². The summed E-state index contributed by atoms with van der Waals surface area (Å²) >= 11 is 17.0. The Bertz CT molecular complexity index is 577. The van der Waals surface area contributed by atoms with Crippen LogP contribution < -0.4 is 5.69 Å². The molecule has 1 aromatic heterocycles. The molecule has 0 amide bonds. The van der Waals surface area contributed by atoms with Crippen LogP contribution in [-0.4, -0.2) is 15.0 Å². The first kappa shape index (κ1) is 12.4. The second-order valence-electron chi connectivity index (χ2n) is 3.19. The fraction of sp³-hybridized carbons (Fsp3) is 0.100. The van der Waals surface area contributed by atoms with E-state index < -0.39 is 9.48 Å². The Hall–Kier alpha value is -1.10. The average Bonchev–Trinajstić information content (AvgIpc) is 2.28. The van der Waals surface area contributed by atoms with Gasteiger partial charge in [0.05, 0.1) is 0 Å². The van der Waals surface area contributed by atoms with Gasteiger partial charge in [0, 0.05) is 5.56 Å². The van der Waals surface area contributed by atoms with Crippen LogP contribution in [0.3, 0.4) is 0 Å². The van der Waals surface area contributed by atoms with Gasteiger partial charge in [0.15, 0.2) is 11.6 Å². The van der Waals surface area contributed by atoms with Gasteiger partial charge < -0.3 is 0 Å². The van der Waals surface area contributed by atoms with Gasteiger partial charge in [0.2, 0.25) is 3.79 Å². The van der Waals surface area contributed by atoms with Gasteiger partial charge in [-0.15, -0.1) is 0 Å². The summed E-state index contributed by atoms with van der Waals surface area (Å²) in [4.78, 5) is 21.4. The molecule has 1 heterocycles. The highest BCUT2D eigenvalue weighted by atomic mass is 35.6. The van der Waals surface area contributed by atoms with Crippen molar-refractivity contribution in [2.45, 2.75) is 3.79 Å². The lowest BCUT2D eigenvalue weighted by Crippen LogP contribution is -2.20. The SMILES string of the molecule is O=c1nc(-c2ccccc2)nc(C(Cl)(Cl)Cl)[nH]1. The summed E-state index contributed by atoms with van der Waals surface area (Å²) in [7, 11) is 0. The van der Waals surface area contributed by atoms with Gasteiger partial charge in [-0.1, -0.05) is 65.1 Å². The molecule has 0 saturated carbocycles. The quantitative estimate of drug-likeness (QED) is 0.821. The van der Waals surface area contributed by atoms with Gasteiger partial charge in [-0.3, -0.25) is 4.98 Å². The molecule has 1 aromatic carbocycles. The van der Waals surface area contributed by atoms with Gasteiger partial charge >= 0.3 is 5.69 Å². The van der Waals surface area contributed by atoms with E-state index in [4.69, 9.17) is 34.8 Å². The molecular weight excluding hydrogens is 284 g/mol. The number of nitrogens with zero attached hydrogens (tertiary/aromatic N) is 2. The molecule has 1 N–H and O–H groups in total. The molecule has 17 heavy (non-hydrogen) atoms. The summed E-state index contributed by atoms with van der Waals surface area (Å²) in [5.41, 5.74) is 0.0641. The summed E-state index contributed by atoms with van der Waals surface area (Å²) in [6.45, 7) is 0. The third kappa shape index (κ3) is 2.97. The summed E-state index contributed by atoms with van der Waals surface area (Å²) in [6.07, 6.45) is 0. The molecule has 2 rings (SSSR count). The van der Waals surface area contributed by atoms with Crippen molar-refractivity contribution in [3.8, 4) is 11.4 Å². The van der Waals surface area contributed by atoms with Crippen molar-refractivity contribution in [1.29, 1.82) is 0 Å². The molecule has 0 aliphatic carbocycles. The van der Waals surface area contributed by atoms with E-state index in [2.05, 4.69) is 15.0 Å². The molecule has 0 aliphatic heterocycles. The zero-order chi connectivity index (χ0) is 12.5. The topological polar surface area (TPSA) is 58.6 Å². The van der Waals surface area contributed by atoms with Gasteiger partial charge in [0.25, 0.3) is 0 Å². The fourth-order valence-electron chi connectivity index (χ4n) is 1.23. The van der Waals surface area contributed by atoms with Gasteiger partial charge in [-0.25, -0.2) is 9.78 Å². The minimum Gasteiger partial charge on any atom is -0.290 e. The number of aromatic amines is 1. The number of halogens is 3. The number of alkyl halides is 3. The van der Waals surface area contributed by atoms with Crippen LogP contribution in [0, 0.1) is 0 Å². The normalized spacial score (nSPS) is 11.5. The largest absolute Gasteiger partial charge is 0.348 e. The third-order valence-corrected chi connectivity index (χ3v) is 2.49. The van der Waals surface area contributed by atoms with Crippen molar-refractivity contribution in [2.24, 2.45) is 0 Å². The first-order valence-corrected chi connectivity index (χ1v) is 5.71. The number of nitrogens with one attached hydrogen (secondary N) is 1. The molecule has 7 heteroatoms. The van der Waals surface area contributed by atoms with Crippen molar-refractivity contribution in [2.75, 3.05) is 0 Å². The molecule has 0 spiro atoms. The Morgan fingerprint density at radius 1 is 1.06 bits per heavy atom. The number of benzene rings is 1. The maximum Gasteiger partial charge on any atom is 0.348 e. The van der Waals surface area contributed by atoms with E-state index in [-0.39, 0.29) is 11.6 Å². The highest BCUT2D eigenvalue weighted by Crippen LogP contribution is 2.35. The molecule has 2 aromatic rings. The molecule has 88 valence electrons. The monoisotopic (exact) mass is 289 g/mol. The first-order chi connectivity index (χ1) is 7.97. The Labute approximate surface area is 112 Å². The highest BCUT2D eigenvalue weighted by molar-refractivity contribution is 6.66. The summed E-state index contributed by atoms with van der Waals surface area (Å²) in [6, 6.07) is 8.96. The standard InChI is InChI=1S/C10H6Cl3N3O/c11-10(12,13)8-14-7(15-9(17)16-8)6-4-2-1-3-5-6/h1-5H,(H,14,15,16,17). The number of hydrogen-bond acceptors (Lipinski definition) is 3. The maximum atomic E-state index is 11.3. The highest BCUT2D eigenvalue weighted by Gasteiger charge is 2.27. The van der Waals surface area contributed by atoms with Crippen LogP contribution in [0.15, 0.2) is 35.1 Å². The summed E-state index contributed by atoms with van der Waals surface area (Å²) in [5.74, 6) is 0.164. The van der Waals surface area contributed by atoms with Crippen LogP contribution in [0.25, 0.3) is 11.4 Å². The predicted octanol–water partition coefficient (Wildman–Crippen LogP) is 2.66. The molecule has 0 bridgehead atoms. The van der Waals surface area contributed by atoms with E-state index in [9.17, 15) is 4.79 Å². The molecule has 4 nitrogen and oxygen atoms in total. The van der Waals surface area contributed by atoms with Crippen LogP contribution in [-0.2, 0) is 3.79 Å². The average molecular weight is 291 g/mol. The Morgan fingerprint density at radius 2 is 1.71 bits per heavy atom. The van der Waals surface area contributed by atoms with Crippen molar-refractivity contribution >= 4 is 34.8 Å². The number of H-pyrrole nitrogens is 1. The molecule has 0 radical (unpaired) electrons. The number of rotatable bonds is 1. The molecule has 0 saturated heterocycles. The van der Waals surface area contributed by atoms with E-state index in [0.717, 1.165) is 0 Å². The van der Waals surface area contributed by atoms with Crippen LogP contribution >= 0.6 is 34.8 Å². The zero-order valence-electron chi connectivity index (χ0n) is 8.32. The van der Waals surface area contributed by atoms with Gasteiger partial charge in [-0.2, -0.15) is 4.98 Å². The minimum atomic E-state index is -1.79. The lowest BCUT2D eigenvalue weighted by atomic mass is 10.2. The molecular formula is C10H6Cl3N3O. The predicted molar refractivity (Wildman–Crippen MR) is 67.3 cm³/mol. The lowest BCUT2D eigenvalue weighted by Gasteiger charge is -2.10. The zero-order valence-corrected chi connectivity index (χ0v) is 10.6. The Morgan fingerprint density at radius 3 is 2.29 bits per heavy atom. The van der Waals surface area contributed by atoms with E-state index in [1.165, 1.54) is 0 Å². The smallest absolute Gasteiger partial charge is 0.290 e. The van der Waals surface area contributed by atoms with Crippen LogP contribution in [0.4, 0.5) is 0 Å². The van der Waals surface area contributed by atoms with E-state index >= 15 is 0 Å². The molecule has 0 aliphatic rings. The van der Waals surface area contributed by atoms with E-state index in [1.54, 1.807) is 24.3 Å². The second-order valence-corrected chi connectivity index (χ2v) is 5.47. The number of hydrogen-bond donors (Lipinski definition) is 1. The second kappa shape index (κ2) is 4.64. The third-order valence-electron chi connectivity index (χ3n) is 1.95. The van der Waals surface area contributed by atoms with E-state index in [0.29, 0.717) is 5.56 Å². The van der Waals surface area contributed by atoms with Gasteiger partial charge in [-0.05, 0) is 0 Å². The maximum absolute atomic E-state index is 11.3. The fourth-order valence-corrected chi connectivity index (χ4v) is 1.50. The minimum absolute atomic E-state index is 0.0543. The van der Waals surface area contributed by atoms with Crippen molar-refractivity contribution in [3.05, 3.63) is 46.6 Å². The first-order valence-electron chi connectivity index (χ1n) is 4.58. The molecule has 0 fully saturated rings. The molecule has 0 unspecified atom stereocenters. The molecule has 0 atom stereocenters. The summed E-state index contributed by atoms with van der Waals surface area (Å²) < 4.78 is -1.79. The lowest BCUT2D eigenvalue weighted by molar-refractivity contribution is 0.888. The van der Waals surface area contributed by atoms with Crippen molar-refractivity contribution in [3.63, 3.8) is 0 Å². The Balaban J connectivity index is 2.58. The number of aromatic nitrogens is 3. The van der Waals surface area contributed by atoms with Crippen LogP contribution in [0.2, 0.25) is 0 Å². The summed E-state index contributed by atoms with van der Waals surface area (Å²) in [5, 5.41) is 0. The van der Waals surface area contributed by atoms with E-state index in [1.807, 2.05) is 6.07 Å². The van der Waals surface area contributed by atoms with Crippen LogP contribution in [0.1, 0.15) is 5.82 Å². The van der Waals surface area contributed by atoms with Gasteiger partial charge in [0.1, 0.15) is 0 Å².